The number of hydrogen-bond acceptors (Lipinski definition) is 3. The lowest BCUT2D eigenvalue weighted by atomic mass is 9.92. The fourth-order valence-corrected chi connectivity index (χ4v) is 2.31. The number of aliphatic hydroxyl groups excluding tert-OH is 1. The van der Waals surface area contributed by atoms with Gasteiger partial charge in [-0.15, -0.1) is 0 Å². The molecule has 0 aromatic heterocycles. The molecule has 0 aromatic carbocycles. The lowest BCUT2D eigenvalue weighted by Gasteiger charge is -2.37. The second-order valence-electron chi connectivity index (χ2n) is 4.40. The van der Waals surface area contributed by atoms with Crippen molar-refractivity contribution in [1.29, 1.82) is 0 Å². The molecule has 0 bridgehead atoms. The van der Waals surface area contributed by atoms with Crippen molar-refractivity contribution in [3.05, 3.63) is 0 Å². The number of likely N-dealkylation sites (tertiary alicyclic amines) is 1. The van der Waals surface area contributed by atoms with Crippen LogP contribution in [0, 0.1) is 5.92 Å². The molecular weight excluding hydrogens is 194 g/mol. The van der Waals surface area contributed by atoms with Crippen molar-refractivity contribution in [2.24, 2.45) is 5.92 Å². The van der Waals surface area contributed by atoms with Gasteiger partial charge in [0.15, 0.2) is 0 Å². The minimum Gasteiger partial charge on any atom is -0.480 e. The van der Waals surface area contributed by atoms with Crippen LogP contribution in [0.4, 0.5) is 0 Å². The van der Waals surface area contributed by atoms with Crippen LogP contribution in [0.2, 0.25) is 0 Å². The minimum absolute atomic E-state index is 0.229. The Morgan fingerprint density at radius 2 is 2.27 bits per heavy atom. The molecule has 3 atom stereocenters. The zero-order valence-corrected chi connectivity index (χ0v) is 9.52. The Morgan fingerprint density at radius 1 is 1.60 bits per heavy atom. The molecular formula is C11H21NO3. The summed E-state index contributed by atoms with van der Waals surface area (Å²) >= 11 is 0. The predicted molar refractivity (Wildman–Crippen MR) is 57.7 cm³/mol. The van der Waals surface area contributed by atoms with E-state index in [0.29, 0.717) is 13.0 Å². The molecule has 4 nitrogen and oxygen atoms in total. The summed E-state index contributed by atoms with van der Waals surface area (Å²) in [6.07, 6.45) is 2.28. The van der Waals surface area contributed by atoms with Crippen molar-refractivity contribution in [2.45, 2.75) is 45.3 Å². The summed E-state index contributed by atoms with van der Waals surface area (Å²) in [5, 5.41) is 18.6. The topological polar surface area (TPSA) is 60.8 Å². The molecule has 1 rings (SSSR count). The summed E-state index contributed by atoms with van der Waals surface area (Å²) in [5.41, 5.74) is 0. The zero-order chi connectivity index (χ0) is 11.4. The lowest BCUT2D eigenvalue weighted by molar-refractivity contribution is -0.144. The van der Waals surface area contributed by atoms with Gasteiger partial charge in [0.1, 0.15) is 6.04 Å². The van der Waals surface area contributed by atoms with Gasteiger partial charge in [-0.3, -0.25) is 9.69 Å². The molecule has 0 aliphatic carbocycles. The number of rotatable bonds is 4. The fraction of sp³-hybridized carbons (Fsp3) is 0.909. The number of hydrogen-bond donors (Lipinski definition) is 2. The summed E-state index contributed by atoms with van der Waals surface area (Å²) in [6, 6.07) is -0.383. The Kier molecular flexibility index (Phi) is 4.54. The normalized spacial score (nSPS) is 27.3. The maximum Gasteiger partial charge on any atom is 0.320 e. The van der Waals surface area contributed by atoms with Gasteiger partial charge < -0.3 is 10.2 Å². The predicted octanol–water partition coefficient (Wildman–Crippen LogP) is 0.942. The number of piperidine rings is 1. The van der Waals surface area contributed by atoms with Crippen LogP contribution in [-0.4, -0.2) is 46.3 Å². The Hall–Kier alpha value is -0.610. The number of aliphatic hydroxyl groups is 1. The van der Waals surface area contributed by atoms with Crippen LogP contribution in [-0.2, 0) is 4.79 Å². The summed E-state index contributed by atoms with van der Waals surface area (Å²) in [5.74, 6) is -0.518. The molecule has 1 heterocycles. The van der Waals surface area contributed by atoms with Gasteiger partial charge in [0.05, 0.1) is 6.10 Å². The summed E-state index contributed by atoms with van der Waals surface area (Å²) < 4.78 is 0. The van der Waals surface area contributed by atoms with E-state index in [9.17, 15) is 9.90 Å². The Morgan fingerprint density at radius 3 is 2.73 bits per heavy atom. The smallest absolute Gasteiger partial charge is 0.320 e. The molecule has 0 saturated carbocycles. The molecule has 15 heavy (non-hydrogen) atoms. The van der Waals surface area contributed by atoms with Gasteiger partial charge in [0.25, 0.3) is 0 Å². The quantitative estimate of drug-likeness (QED) is 0.732. The van der Waals surface area contributed by atoms with Crippen LogP contribution in [0.25, 0.3) is 0 Å². The zero-order valence-electron chi connectivity index (χ0n) is 9.52. The Balaban J connectivity index is 2.58. The molecule has 0 radical (unpaired) electrons. The van der Waals surface area contributed by atoms with Gasteiger partial charge in [-0.05, 0) is 38.6 Å². The molecule has 1 aliphatic rings. The van der Waals surface area contributed by atoms with Crippen LogP contribution in [0.3, 0.4) is 0 Å². The summed E-state index contributed by atoms with van der Waals surface area (Å²) in [4.78, 5) is 13.0. The van der Waals surface area contributed by atoms with E-state index in [0.717, 1.165) is 19.4 Å². The first kappa shape index (κ1) is 12.5. The van der Waals surface area contributed by atoms with Crippen molar-refractivity contribution >= 4 is 5.97 Å². The SMILES string of the molecule is CCC(C(=O)O)N1CCCC(C(C)O)C1. The molecule has 0 spiro atoms. The van der Waals surface area contributed by atoms with E-state index < -0.39 is 5.97 Å². The van der Waals surface area contributed by atoms with E-state index in [2.05, 4.69) is 0 Å². The average molecular weight is 215 g/mol. The standard InChI is InChI=1S/C11H21NO3/c1-3-10(11(14)15)12-6-4-5-9(7-12)8(2)13/h8-10,13H,3-7H2,1-2H3,(H,14,15). The first-order valence-electron chi connectivity index (χ1n) is 5.71. The van der Waals surface area contributed by atoms with E-state index in [1.54, 1.807) is 6.92 Å². The number of carbonyl (C=O) groups is 1. The number of aliphatic carboxylic acids is 1. The third-order valence-corrected chi connectivity index (χ3v) is 3.28. The second-order valence-corrected chi connectivity index (χ2v) is 4.40. The molecule has 3 unspecified atom stereocenters. The van der Waals surface area contributed by atoms with Crippen molar-refractivity contribution in [3.63, 3.8) is 0 Å². The highest BCUT2D eigenvalue weighted by atomic mass is 16.4. The van der Waals surface area contributed by atoms with Gasteiger partial charge in [0.2, 0.25) is 0 Å². The summed E-state index contributed by atoms with van der Waals surface area (Å²) in [7, 11) is 0. The fourth-order valence-electron chi connectivity index (χ4n) is 2.31. The highest BCUT2D eigenvalue weighted by Gasteiger charge is 2.30. The van der Waals surface area contributed by atoms with E-state index in [1.165, 1.54) is 0 Å². The van der Waals surface area contributed by atoms with Crippen molar-refractivity contribution in [1.82, 2.24) is 4.90 Å². The number of nitrogens with zero attached hydrogens (tertiary/aromatic N) is 1. The Labute approximate surface area is 90.9 Å². The van der Waals surface area contributed by atoms with Gasteiger partial charge >= 0.3 is 5.97 Å². The number of carboxylic acid groups (broad SMARTS) is 1. The third kappa shape index (κ3) is 3.18. The molecule has 0 aromatic rings. The Bertz CT molecular complexity index is 218. The van der Waals surface area contributed by atoms with E-state index in [-0.39, 0.29) is 18.1 Å². The van der Waals surface area contributed by atoms with Gasteiger partial charge in [-0.2, -0.15) is 0 Å². The lowest BCUT2D eigenvalue weighted by Crippen LogP contribution is -2.48. The monoisotopic (exact) mass is 215 g/mol. The van der Waals surface area contributed by atoms with E-state index >= 15 is 0 Å². The average Bonchev–Trinajstić information content (AvgIpc) is 2.18. The highest BCUT2D eigenvalue weighted by Crippen LogP contribution is 2.22. The van der Waals surface area contributed by atoms with Gasteiger partial charge in [-0.25, -0.2) is 0 Å². The molecule has 4 heteroatoms. The second kappa shape index (κ2) is 5.47. The largest absolute Gasteiger partial charge is 0.480 e. The first-order valence-corrected chi connectivity index (χ1v) is 5.71. The highest BCUT2D eigenvalue weighted by molar-refractivity contribution is 5.73. The van der Waals surface area contributed by atoms with Crippen LogP contribution in [0.15, 0.2) is 0 Å². The molecule has 88 valence electrons. The van der Waals surface area contributed by atoms with E-state index in [1.807, 2.05) is 11.8 Å². The molecule has 1 saturated heterocycles. The van der Waals surface area contributed by atoms with Crippen molar-refractivity contribution < 1.29 is 15.0 Å². The van der Waals surface area contributed by atoms with Gasteiger partial charge in [-0.1, -0.05) is 6.92 Å². The maximum absolute atomic E-state index is 11.0. The molecule has 1 fully saturated rings. The van der Waals surface area contributed by atoms with Gasteiger partial charge in [0, 0.05) is 6.54 Å². The van der Waals surface area contributed by atoms with E-state index in [4.69, 9.17) is 5.11 Å². The number of carboxylic acids is 1. The first-order chi connectivity index (χ1) is 7.06. The van der Waals surface area contributed by atoms with Crippen LogP contribution >= 0.6 is 0 Å². The molecule has 2 N–H and O–H groups in total. The summed E-state index contributed by atoms with van der Waals surface area (Å²) in [6.45, 7) is 5.23. The maximum atomic E-state index is 11.0. The minimum atomic E-state index is -0.747. The molecule has 1 aliphatic heterocycles. The van der Waals surface area contributed by atoms with Crippen molar-refractivity contribution in [2.75, 3.05) is 13.1 Å². The van der Waals surface area contributed by atoms with Crippen LogP contribution in [0.5, 0.6) is 0 Å². The van der Waals surface area contributed by atoms with Crippen molar-refractivity contribution in [3.8, 4) is 0 Å². The third-order valence-electron chi connectivity index (χ3n) is 3.28. The van der Waals surface area contributed by atoms with Crippen LogP contribution < -0.4 is 0 Å². The van der Waals surface area contributed by atoms with Crippen LogP contribution in [0.1, 0.15) is 33.1 Å². The molecule has 0 amide bonds.